The van der Waals surface area contributed by atoms with E-state index in [2.05, 4.69) is 10.2 Å². The molecular formula is C26H30ClFN2O4. The van der Waals surface area contributed by atoms with Crippen LogP contribution < -0.4 is 14.8 Å². The number of carbonyl (C=O) groups is 1. The summed E-state index contributed by atoms with van der Waals surface area (Å²) in [5.74, 6) is 1.06. The fourth-order valence-corrected chi connectivity index (χ4v) is 5.56. The highest BCUT2D eigenvalue weighted by atomic mass is 35.5. The number of hydrogen-bond acceptors (Lipinski definition) is 5. The molecule has 1 amide bonds. The third-order valence-electron chi connectivity index (χ3n) is 7.37. The summed E-state index contributed by atoms with van der Waals surface area (Å²) in [5, 5.41) is 3.42. The molecular weight excluding hydrogens is 459 g/mol. The maximum Gasteiger partial charge on any atom is 0.407 e. The van der Waals surface area contributed by atoms with Crippen LogP contribution in [-0.2, 0) is 4.74 Å². The Labute approximate surface area is 204 Å². The summed E-state index contributed by atoms with van der Waals surface area (Å²) < 4.78 is 32.5. The smallest absolute Gasteiger partial charge is 0.407 e. The van der Waals surface area contributed by atoms with E-state index >= 15 is 4.39 Å². The first-order chi connectivity index (χ1) is 16.2. The second-order valence-corrected chi connectivity index (χ2v) is 10.6. The van der Waals surface area contributed by atoms with Crippen LogP contribution in [0.25, 0.3) is 11.1 Å². The predicted molar refractivity (Wildman–Crippen MR) is 128 cm³/mol. The number of fused-ring (bicyclic) bond motifs is 4. The molecule has 2 aromatic rings. The number of piperidine rings is 3. The van der Waals surface area contributed by atoms with Crippen molar-refractivity contribution in [2.24, 2.45) is 11.3 Å². The average Bonchev–Trinajstić information content (AvgIpc) is 2.82. The number of halogens is 2. The van der Waals surface area contributed by atoms with E-state index in [4.69, 9.17) is 25.8 Å². The van der Waals surface area contributed by atoms with Crippen LogP contribution in [0.15, 0.2) is 30.3 Å². The van der Waals surface area contributed by atoms with E-state index in [1.807, 2.05) is 13.8 Å². The Bertz CT molecular complexity index is 1100. The molecule has 2 aromatic carbocycles. The quantitative estimate of drug-likeness (QED) is 0.621. The van der Waals surface area contributed by atoms with Crippen LogP contribution in [0, 0.1) is 17.2 Å². The van der Waals surface area contributed by atoms with E-state index in [1.165, 1.54) is 6.07 Å². The van der Waals surface area contributed by atoms with Crippen LogP contribution in [0.5, 0.6) is 11.5 Å². The van der Waals surface area contributed by atoms with Gasteiger partial charge in [0.2, 0.25) is 0 Å². The SMILES string of the molecule is COc1ccc(Cl)c(-c2cc3c(cc2F)C(NC(=O)O[C@H]2CN4CCC2CC4)C(C)(C)CO3)c1. The van der Waals surface area contributed by atoms with Crippen molar-refractivity contribution in [3.8, 4) is 22.6 Å². The Morgan fingerprint density at radius 1 is 1.21 bits per heavy atom. The lowest BCUT2D eigenvalue weighted by Gasteiger charge is -2.44. The highest BCUT2D eigenvalue weighted by Crippen LogP contribution is 2.46. The monoisotopic (exact) mass is 488 g/mol. The second kappa shape index (κ2) is 8.93. The summed E-state index contributed by atoms with van der Waals surface area (Å²) in [6, 6.07) is 7.71. The largest absolute Gasteiger partial charge is 0.497 e. The maximum atomic E-state index is 15.4. The van der Waals surface area contributed by atoms with Crippen molar-refractivity contribution in [1.82, 2.24) is 10.2 Å². The Kier molecular flexibility index (Phi) is 6.10. The van der Waals surface area contributed by atoms with Crippen molar-refractivity contribution in [3.63, 3.8) is 0 Å². The van der Waals surface area contributed by atoms with Gasteiger partial charge < -0.3 is 19.5 Å². The van der Waals surface area contributed by atoms with Crippen LogP contribution in [0.1, 0.15) is 38.3 Å². The molecule has 1 N–H and O–H groups in total. The molecule has 2 bridgehead atoms. The van der Waals surface area contributed by atoms with Gasteiger partial charge in [-0.3, -0.25) is 4.90 Å². The zero-order chi connectivity index (χ0) is 24.0. The summed E-state index contributed by atoms with van der Waals surface area (Å²) in [7, 11) is 1.55. The van der Waals surface area contributed by atoms with Crippen molar-refractivity contribution in [2.45, 2.75) is 38.8 Å². The summed E-state index contributed by atoms with van der Waals surface area (Å²) in [5.41, 5.74) is 0.960. The lowest BCUT2D eigenvalue weighted by molar-refractivity contribution is -0.0361. The van der Waals surface area contributed by atoms with Crippen LogP contribution >= 0.6 is 11.6 Å². The molecule has 0 spiro atoms. The molecule has 0 aliphatic carbocycles. The van der Waals surface area contributed by atoms with Gasteiger partial charge in [0.05, 0.1) is 19.8 Å². The van der Waals surface area contributed by atoms with E-state index in [1.54, 1.807) is 31.4 Å². The predicted octanol–water partition coefficient (Wildman–Crippen LogP) is 5.43. The number of hydrogen-bond donors (Lipinski definition) is 1. The number of nitrogens with zero attached hydrogens (tertiary/aromatic N) is 1. The lowest BCUT2D eigenvalue weighted by Crippen LogP contribution is -2.53. The molecule has 0 saturated carbocycles. The Balaban J connectivity index is 1.41. The van der Waals surface area contributed by atoms with Gasteiger partial charge in [-0.1, -0.05) is 25.4 Å². The summed E-state index contributed by atoms with van der Waals surface area (Å²) >= 11 is 6.37. The third-order valence-corrected chi connectivity index (χ3v) is 7.70. The van der Waals surface area contributed by atoms with Gasteiger partial charge in [0.15, 0.2) is 0 Å². The van der Waals surface area contributed by atoms with E-state index in [-0.39, 0.29) is 6.10 Å². The van der Waals surface area contributed by atoms with Crippen LogP contribution in [0.2, 0.25) is 5.02 Å². The number of methoxy groups -OCH3 is 1. The third kappa shape index (κ3) is 4.31. The minimum Gasteiger partial charge on any atom is -0.497 e. The number of benzene rings is 2. The molecule has 3 fully saturated rings. The Morgan fingerprint density at radius 2 is 1.97 bits per heavy atom. The molecule has 0 aromatic heterocycles. The second-order valence-electron chi connectivity index (χ2n) is 10.2. The molecule has 34 heavy (non-hydrogen) atoms. The Morgan fingerprint density at radius 3 is 2.65 bits per heavy atom. The molecule has 6 rings (SSSR count). The lowest BCUT2D eigenvalue weighted by atomic mass is 9.78. The average molecular weight is 489 g/mol. The summed E-state index contributed by atoms with van der Waals surface area (Å²) in [4.78, 5) is 15.3. The molecule has 4 aliphatic heterocycles. The first-order valence-corrected chi connectivity index (χ1v) is 12.1. The fraction of sp³-hybridized carbons (Fsp3) is 0.500. The number of amides is 1. The number of nitrogens with one attached hydrogen (secondary N) is 1. The standard InChI is InChI=1S/C26H30ClFN2O4/c1-26(2)14-33-22-12-18(17-10-16(32-3)4-5-20(17)27)21(28)11-19(22)24(26)29-25(31)34-23-13-30-8-6-15(23)7-9-30/h4-5,10-12,15,23-24H,6-9,13-14H2,1-3H3,(H,29,31)/t23-,24?/m0/s1. The van der Waals surface area contributed by atoms with Gasteiger partial charge in [0, 0.05) is 33.7 Å². The van der Waals surface area contributed by atoms with Gasteiger partial charge in [-0.25, -0.2) is 9.18 Å². The fourth-order valence-electron chi connectivity index (χ4n) is 5.34. The van der Waals surface area contributed by atoms with Crippen molar-refractivity contribution in [2.75, 3.05) is 33.4 Å². The normalized spacial score (nSPS) is 26.9. The van der Waals surface area contributed by atoms with Crippen LogP contribution in [0.4, 0.5) is 9.18 Å². The molecule has 4 heterocycles. The molecule has 1 unspecified atom stereocenters. The molecule has 2 atom stereocenters. The molecule has 0 radical (unpaired) electrons. The first kappa shape index (κ1) is 23.2. The minimum absolute atomic E-state index is 0.0979. The molecule has 4 aliphatic rings. The summed E-state index contributed by atoms with van der Waals surface area (Å²) in [6.45, 7) is 7.27. The van der Waals surface area contributed by atoms with Gasteiger partial charge in [-0.15, -0.1) is 0 Å². The van der Waals surface area contributed by atoms with Crippen molar-refractivity contribution < 1.29 is 23.4 Å². The molecule has 3 saturated heterocycles. The van der Waals surface area contributed by atoms with E-state index in [0.29, 0.717) is 45.7 Å². The van der Waals surface area contributed by atoms with Gasteiger partial charge in [0.25, 0.3) is 0 Å². The molecule has 6 nitrogen and oxygen atoms in total. The van der Waals surface area contributed by atoms with Crippen molar-refractivity contribution in [1.29, 1.82) is 0 Å². The zero-order valence-electron chi connectivity index (χ0n) is 19.7. The Hall–Kier alpha value is -2.51. The van der Waals surface area contributed by atoms with Crippen LogP contribution in [-0.4, -0.2) is 50.4 Å². The van der Waals surface area contributed by atoms with Gasteiger partial charge in [0.1, 0.15) is 23.4 Å². The van der Waals surface area contributed by atoms with Crippen molar-refractivity contribution >= 4 is 17.7 Å². The van der Waals surface area contributed by atoms with Gasteiger partial charge >= 0.3 is 6.09 Å². The molecule has 182 valence electrons. The van der Waals surface area contributed by atoms with Gasteiger partial charge in [-0.05, 0) is 62.2 Å². The van der Waals surface area contributed by atoms with Crippen LogP contribution in [0.3, 0.4) is 0 Å². The first-order valence-electron chi connectivity index (χ1n) is 11.7. The number of ether oxygens (including phenoxy) is 3. The van der Waals surface area contributed by atoms with E-state index in [9.17, 15) is 4.79 Å². The molecule has 8 heteroatoms. The van der Waals surface area contributed by atoms with Crippen molar-refractivity contribution in [3.05, 3.63) is 46.7 Å². The number of carbonyl (C=O) groups excluding carboxylic acids is 1. The minimum atomic E-state index is -0.468. The zero-order valence-corrected chi connectivity index (χ0v) is 20.5. The number of alkyl carbamates (subject to hydrolysis) is 1. The summed E-state index contributed by atoms with van der Waals surface area (Å²) in [6.07, 6.45) is 1.55. The number of rotatable bonds is 4. The maximum absolute atomic E-state index is 15.4. The van der Waals surface area contributed by atoms with E-state index in [0.717, 1.165) is 32.5 Å². The van der Waals surface area contributed by atoms with E-state index < -0.39 is 23.4 Å². The highest BCUT2D eigenvalue weighted by molar-refractivity contribution is 6.33. The van der Waals surface area contributed by atoms with Gasteiger partial charge in [-0.2, -0.15) is 0 Å². The highest BCUT2D eigenvalue weighted by Gasteiger charge is 2.41. The topological polar surface area (TPSA) is 60.0 Å².